The van der Waals surface area contributed by atoms with Crippen LogP contribution in [0.1, 0.15) is 129 Å². The Morgan fingerprint density at radius 3 is 1.57 bits per heavy atom. The highest BCUT2D eigenvalue weighted by Gasteiger charge is 1.99. The van der Waals surface area contributed by atoms with E-state index in [0.29, 0.717) is 12.2 Å². The minimum absolute atomic E-state index is 0.343. The highest BCUT2D eigenvalue weighted by atomic mass is 16.4. The SMILES string of the molecule is CCCCCCCCCCCC(=O)O.CCCCCCCCCc1ccccc1O. The molecule has 0 heterocycles. The number of carbonyl (C=O) groups is 1. The van der Waals surface area contributed by atoms with Gasteiger partial charge in [0, 0.05) is 6.42 Å². The van der Waals surface area contributed by atoms with Crippen LogP contribution >= 0.6 is 0 Å². The van der Waals surface area contributed by atoms with Gasteiger partial charge in [-0.05, 0) is 30.9 Å². The summed E-state index contributed by atoms with van der Waals surface area (Å²) in [5, 5.41) is 18.0. The zero-order valence-corrected chi connectivity index (χ0v) is 19.8. The zero-order chi connectivity index (χ0) is 22.3. The predicted octanol–water partition coefficient (Wildman–Crippen LogP) is 8.68. The molecule has 0 amide bonds. The first kappa shape index (κ1) is 28.5. The van der Waals surface area contributed by atoms with Gasteiger partial charge in [-0.3, -0.25) is 4.79 Å². The lowest BCUT2D eigenvalue weighted by Gasteiger charge is -2.04. The Kier molecular flexibility index (Phi) is 21.1. The van der Waals surface area contributed by atoms with Gasteiger partial charge in [0.2, 0.25) is 0 Å². The van der Waals surface area contributed by atoms with E-state index in [4.69, 9.17) is 5.11 Å². The molecule has 0 aliphatic heterocycles. The number of hydrogen-bond acceptors (Lipinski definition) is 2. The average Bonchev–Trinajstić information content (AvgIpc) is 2.73. The highest BCUT2D eigenvalue weighted by Crippen LogP contribution is 2.18. The van der Waals surface area contributed by atoms with Crippen LogP contribution in [0.3, 0.4) is 0 Å². The largest absolute Gasteiger partial charge is 0.508 e. The van der Waals surface area contributed by atoms with Crippen LogP contribution < -0.4 is 0 Å². The number of rotatable bonds is 18. The van der Waals surface area contributed by atoms with Crippen molar-refractivity contribution in [3.05, 3.63) is 29.8 Å². The molecule has 0 saturated carbocycles. The van der Waals surface area contributed by atoms with Crippen LogP contribution in [0.25, 0.3) is 0 Å². The van der Waals surface area contributed by atoms with Crippen molar-refractivity contribution in [1.29, 1.82) is 0 Å². The zero-order valence-electron chi connectivity index (χ0n) is 19.8. The minimum atomic E-state index is -0.659. The molecule has 0 aliphatic carbocycles. The smallest absolute Gasteiger partial charge is 0.303 e. The lowest BCUT2D eigenvalue weighted by molar-refractivity contribution is -0.137. The number of para-hydroxylation sites is 1. The quantitative estimate of drug-likeness (QED) is 0.233. The number of unbranched alkanes of at least 4 members (excludes halogenated alkanes) is 14. The molecule has 30 heavy (non-hydrogen) atoms. The first-order valence-corrected chi connectivity index (χ1v) is 12.6. The van der Waals surface area contributed by atoms with Crippen molar-refractivity contribution < 1.29 is 15.0 Å². The maximum absolute atomic E-state index is 10.2. The van der Waals surface area contributed by atoms with Gasteiger partial charge in [-0.25, -0.2) is 0 Å². The van der Waals surface area contributed by atoms with E-state index in [1.54, 1.807) is 6.07 Å². The molecular formula is C27H48O3. The molecule has 0 bridgehead atoms. The normalized spacial score (nSPS) is 10.5. The van der Waals surface area contributed by atoms with Gasteiger partial charge < -0.3 is 10.2 Å². The van der Waals surface area contributed by atoms with E-state index in [-0.39, 0.29) is 0 Å². The van der Waals surface area contributed by atoms with E-state index in [0.717, 1.165) is 24.8 Å². The van der Waals surface area contributed by atoms with E-state index in [1.165, 1.54) is 89.9 Å². The second-order valence-corrected chi connectivity index (χ2v) is 8.47. The Balaban J connectivity index is 0.000000567. The summed E-state index contributed by atoms with van der Waals surface area (Å²) >= 11 is 0. The molecule has 1 aromatic rings. The maximum Gasteiger partial charge on any atom is 0.303 e. The lowest BCUT2D eigenvalue weighted by atomic mass is 10.0. The lowest BCUT2D eigenvalue weighted by Crippen LogP contribution is -1.93. The van der Waals surface area contributed by atoms with Crippen LogP contribution in [0, 0.1) is 0 Å². The Morgan fingerprint density at radius 2 is 1.10 bits per heavy atom. The van der Waals surface area contributed by atoms with Crippen molar-refractivity contribution >= 4 is 5.97 Å². The van der Waals surface area contributed by atoms with Crippen molar-refractivity contribution in [1.82, 2.24) is 0 Å². The van der Waals surface area contributed by atoms with Crippen LogP contribution in [0.15, 0.2) is 24.3 Å². The van der Waals surface area contributed by atoms with Crippen molar-refractivity contribution in [3.63, 3.8) is 0 Å². The first-order valence-electron chi connectivity index (χ1n) is 12.6. The van der Waals surface area contributed by atoms with Crippen LogP contribution in [-0.4, -0.2) is 16.2 Å². The average molecular weight is 421 g/mol. The number of aliphatic carboxylic acids is 1. The van der Waals surface area contributed by atoms with Gasteiger partial charge in [0.15, 0.2) is 0 Å². The summed E-state index contributed by atoms with van der Waals surface area (Å²) < 4.78 is 0. The molecule has 0 fully saturated rings. The third-order valence-corrected chi connectivity index (χ3v) is 5.54. The van der Waals surface area contributed by atoms with Gasteiger partial charge in [-0.2, -0.15) is 0 Å². The second-order valence-electron chi connectivity index (χ2n) is 8.47. The van der Waals surface area contributed by atoms with E-state index < -0.39 is 5.97 Å². The standard InChI is InChI=1S/C15H24O.C12H24O2/c1-2-3-4-5-6-7-8-11-14-12-9-10-13-15(14)16;1-2-3-4-5-6-7-8-9-10-11-12(13)14/h9-10,12-13,16H,2-8,11H2,1H3;2-11H2,1H3,(H,13,14). The fraction of sp³-hybridized carbons (Fsp3) is 0.741. The third kappa shape index (κ3) is 19.8. The fourth-order valence-electron chi connectivity index (χ4n) is 3.58. The third-order valence-electron chi connectivity index (χ3n) is 5.54. The number of carboxylic acids is 1. The monoisotopic (exact) mass is 420 g/mol. The number of benzene rings is 1. The Morgan fingerprint density at radius 1 is 0.667 bits per heavy atom. The van der Waals surface area contributed by atoms with E-state index in [2.05, 4.69) is 13.8 Å². The van der Waals surface area contributed by atoms with Gasteiger partial charge in [0.25, 0.3) is 0 Å². The molecule has 0 atom stereocenters. The summed E-state index contributed by atoms with van der Waals surface area (Å²) in [7, 11) is 0. The Labute approximate surface area is 186 Å². The molecule has 0 radical (unpaired) electrons. The molecule has 0 unspecified atom stereocenters. The van der Waals surface area contributed by atoms with Gasteiger partial charge in [-0.15, -0.1) is 0 Å². The molecule has 1 aromatic carbocycles. The van der Waals surface area contributed by atoms with Crippen LogP contribution in [0.5, 0.6) is 5.75 Å². The number of carboxylic acid groups (broad SMARTS) is 1. The summed E-state index contributed by atoms with van der Waals surface area (Å²) in [4.78, 5) is 10.2. The summed E-state index contributed by atoms with van der Waals surface area (Å²) in [5.74, 6) is -0.207. The minimum Gasteiger partial charge on any atom is -0.508 e. The molecule has 0 aliphatic rings. The molecule has 0 aromatic heterocycles. The topological polar surface area (TPSA) is 57.5 Å². The van der Waals surface area contributed by atoms with Crippen LogP contribution in [0.2, 0.25) is 0 Å². The van der Waals surface area contributed by atoms with Crippen molar-refractivity contribution in [2.45, 2.75) is 129 Å². The van der Waals surface area contributed by atoms with Crippen molar-refractivity contribution in [3.8, 4) is 5.75 Å². The molecule has 0 saturated heterocycles. The number of aryl methyl sites for hydroxylation is 1. The molecule has 174 valence electrons. The van der Waals surface area contributed by atoms with E-state index in [9.17, 15) is 9.90 Å². The maximum atomic E-state index is 10.2. The summed E-state index contributed by atoms with van der Waals surface area (Å²) in [5.41, 5.74) is 1.09. The number of phenolic OH excluding ortho intramolecular Hbond substituents is 1. The Hall–Kier alpha value is -1.51. The van der Waals surface area contributed by atoms with Crippen molar-refractivity contribution in [2.24, 2.45) is 0 Å². The summed E-state index contributed by atoms with van der Waals surface area (Å²) in [6.45, 7) is 4.48. The van der Waals surface area contributed by atoms with E-state index >= 15 is 0 Å². The molecule has 2 N–H and O–H groups in total. The van der Waals surface area contributed by atoms with Gasteiger partial charge in [0.05, 0.1) is 0 Å². The molecule has 0 spiro atoms. The predicted molar refractivity (Wildman–Crippen MR) is 129 cm³/mol. The first-order chi connectivity index (χ1) is 14.6. The number of hydrogen-bond donors (Lipinski definition) is 2. The fourth-order valence-corrected chi connectivity index (χ4v) is 3.58. The summed E-state index contributed by atoms with van der Waals surface area (Å²) in [6.07, 6.45) is 21.8. The van der Waals surface area contributed by atoms with Gasteiger partial charge in [-0.1, -0.05) is 122 Å². The Bertz CT molecular complexity index is 499. The molecular weight excluding hydrogens is 372 g/mol. The number of phenols is 1. The highest BCUT2D eigenvalue weighted by molar-refractivity contribution is 5.66. The van der Waals surface area contributed by atoms with Crippen molar-refractivity contribution in [2.75, 3.05) is 0 Å². The van der Waals surface area contributed by atoms with Gasteiger partial charge >= 0.3 is 5.97 Å². The molecule has 1 rings (SSSR count). The van der Waals surface area contributed by atoms with Crippen LogP contribution in [0.4, 0.5) is 0 Å². The molecule has 3 nitrogen and oxygen atoms in total. The van der Waals surface area contributed by atoms with Gasteiger partial charge in [0.1, 0.15) is 5.75 Å². The summed E-state index contributed by atoms with van der Waals surface area (Å²) in [6, 6.07) is 7.67. The molecule has 3 heteroatoms. The van der Waals surface area contributed by atoms with Crippen LogP contribution in [-0.2, 0) is 11.2 Å². The second kappa shape index (κ2) is 22.2. The van der Waals surface area contributed by atoms with E-state index in [1.807, 2.05) is 18.2 Å². The number of aromatic hydroxyl groups is 1.